The van der Waals surface area contributed by atoms with Gasteiger partial charge in [-0.15, -0.1) is 0 Å². The van der Waals surface area contributed by atoms with E-state index in [0.29, 0.717) is 32.1 Å². The van der Waals surface area contributed by atoms with E-state index < -0.39 is 34.0 Å². The number of aliphatic hydroxyl groups excluding tert-OH is 2. The number of aliphatic hydroxyl groups is 2. The van der Waals surface area contributed by atoms with E-state index in [1.807, 2.05) is 0 Å². The van der Waals surface area contributed by atoms with Gasteiger partial charge in [0.2, 0.25) is 10.4 Å². The topological polar surface area (TPSA) is 133 Å². The predicted octanol–water partition coefficient (Wildman–Crippen LogP) is -1.55. The van der Waals surface area contributed by atoms with Crippen molar-refractivity contribution in [2.45, 2.75) is 58.2 Å². The maximum absolute atomic E-state index is 11.8. The van der Waals surface area contributed by atoms with Crippen LogP contribution in [-0.4, -0.2) is 54.6 Å². The zero-order chi connectivity index (χ0) is 21.6. The summed E-state index contributed by atoms with van der Waals surface area (Å²) >= 11 is 0. The van der Waals surface area contributed by atoms with Crippen LogP contribution in [0.15, 0.2) is 23.8 Å². The molecule has 0 spiro atoms. The van der Waals surface area contributed by atoms with Crippen LogP contribution in [0.25, 0.3) is 0 Å². The minimum Gasteiger partial charge on any atom is -0.726 e. The first kappa shape index (κ1) is 26.0. The molecule has 0 radical (unpaired) electrons. The van der Waals surface area contributed by atoms with Gasteiger partial charge in [0.1, 0.15) is 12.7 Å². The Labute approximate surface area is 200 Å². The number of hydrogen-bond donors (Lipinski definition) is 2. The van der Waals surface area contributed by atoms with Crippen LogP contribution in [0.5, 0.6) is 0 Å². The number of ether oxygens (including phenoxy) is 1. The molecule has 1 aliphatic heterocycles. The number of rotatable bonds is 5. The Balaban J connectivity index is 0.00000320. The van der Waals surface area contributed by atoms with Gasteiger partial charge in [0, 0.05) is 5.41 Å². The van der Waals surface area contributed by atoms with Gasteiger partial charge in [-0.2, -0.15) is 0 Å². The Hall–Kier alpha value is -0.260. The number of esters is 1. The molecule has 8 nitrogen and oxygen atoms in total. The van der Waals surface area contributed by atoms with Crippen molar-refractivity contribution < 1.29 is 66.5 Å². The minimum absolute atomic E-state index is 0. The quantitative estimate of drug-likeness (QED) is 0.128. The Morgan fingerprint density at radius 1 is 1.37 bits per heavy atom. The summed E-state index contributed by atoms with van der Waals surface area (Å²) in [6.07, 6.45) is 2.67. The minimum atomic E-state index is -4.89. The van der Waals surface area contributed by atoms with Crippen LogP contribution < -0.4 is 29.6 Å². The zero-order valence-corrected chi connectivity index (χ0v) is 20.6. The predicted molar refractivity (Wildman–Crippen MR) is 102 cm³/mol. The molecule has 1 saturated heterocycles. The number of hydrogen-bond acceptors (Lipinski definition) is 8. The Kier molecular flexibility index (Phi) is 8.07. The summed E-state index contributed by atoms with van der Waals surface area (Å²) in [6, 6.07) is 0. The van der Waals surface area contributed by atoms with E-state index in [4.69, 9.17) is 8.92 Å². The second-order valence-corrected chi connectivity index (χ2v) is 10.0. The van der Waals surface area contributed by atoms with Gasteiger partial charge < -0.3 is 19.5 Å². The zero-order valence-electron chi connectivity index (χ0n) is 17.8. The molecule has 3 fully saturated rings. The van der Waals surface area contributed by atoms with Crippen molar-refractivity contribution in [1.29, 1.82) is 0 Å². The molecule has 0 aromatic carbocycles. The van der Waals surface area contributed by atoms with Crippen molar-refractivity contribution in [2.24, 2.45) is 22.7 Å². The summed E-state index contributed by atoms with van der Waals surface area (Å²) in [6.45, 7) is 7.73. The number of allylic oxidation sites excluding steroid dienone is 2. The van der Waals surface area contributed by atoms with Crippen LogP contribution in [0.3, 0.4) is 0 Å². The molecular weight excluding hydrogens is 423 g/mol. The number of fused-ring (bicyclic) bond motifs is 1. The van der Waals surface area contributed by atoms with Crippen LogP contribution in [0.1, 0.15) is 46.0 Å². The molecule has 2 saturated carbocycles. The summed E-state index contributed by atoms with van der Waals surface area (Å²) in [5, 5.41) is 20.1. The van der Waals surface area contributed by atoms with Crippen LogP contribution in [0.2, 0.25) is 0 Å². The van der Waals surface area contributed by atoms with Gasteiger partial charge in [0.15, 0.2) is 0 Å². The van der Waals surface area contributed by atoms with Gasteiger partial charge in [-0.25, -0.2) is 13.2 Å². The van der Waals surface area contributed by atoms with Crippen molar-refractivity contribution in [3.8, 4) is 0 Å². The first-order chi connectivity index (χ1) is 13.4. The average molecular weight is 453 g/mol. The first-order valence-electron chi connectivity index (χ1n) is 9.90. The third-order valence-corrected chi connectivity index (χ3v) is 7.90. The van der Waals surface area contributed by atoms with Gasteiger partial charge >= 0.3 is 35.5 Å². The second kappa shape index (κ2) is 9.31. The molecule has 0 unspecified atom stereocenters. The fourth-order valence-electron chi connectivity index (χ4n) is 5.85. The van der Waals surface area contributed by atoms with Gasteiger partial charge in [-0.05, 0) is 49.4 Å². The molecule has 30 heavy (non-hydrogen) atoms. The summed E-state index contributed by atoms with van der Waals surface area (Å²) in [5.74, 6) is -0.640. The molecule has 3 aliphatic rings. The van der Waals surface area contributed by atoms with Crippen molar-refractivity contribution in [2.75, 3.05) is 13.2 Å². The van der Waals surface area contributed by atoms with Gasteiger partial charge in [0.05, 0.1) is 18.3 Å². The first-order valence-corrected chi connectivity index (χ1v) is 11.2. The molecule has 0 bridgehead atoms. The fraction of sp³-hybridized carbons (Fsp3) is 0.750. The molecule has 1 heterocycles. The molecular formula is C20H29NaO8S. The number of carbonyl (C=O) groups excluding carboxylic acids is 1. The molecule has 6 atom stereocenters. The van der Waals surface area contributed by atoms with Crippen LogP contribution in [-0.2, 0) is 24.1 Å². The van der Waals surface area contributed by atoms with Gasteiger partial charge in [-0.1, -0.05) is 32.1 Å². The molecule has 2 N–H and O–H groups in total. The number of carbonyl (C=O) groups is 1. The summed E-state index contributed by atoms with van der Waals surface area (Å²) < 4.78 is 43.4. The molecule has 0 amide bonds. The normalized spacial score (nSPS) is 40.6. The van der Waals surface area contributed by atoms with E-state index in [1.54, 1.807) is 13.0 Å². The molecule has 0 aromatic heterocycles. The second-order valence-electron chi connectivity index (χ2n) is 9.01. The van der Waals surface area contributed by atoms with Crippen molar-refractivity contribution in [3.05, 3.63) is 23.8 Å². The van der Waals surface area contributed by atoms with Gasteiger partial charge in [0.25, 0.3) is 0 Å². The van der Waals surface area contributed by atoms with Crippen molar-refractivity contribution >= 4 is 16.4 Å². The van der Waals surface area contributed by atoms with E-state index in [2.05, 4.69) is 13.5 Å². The summed E-state index contributed by atoms with van der Waals surface area (Å²) in [4.78, 5) is 11.8. The summed E-state index contributed by atoms with van der Waals surface area (Å²) in [5.41, 5.74) is 0.0483. The molecule has 0 aromatic rings. The average Bonchev–Trinajstić information content (AvgIpc) is 2.94. The van der Waals surface area contributed by atoms with Crippen LogP contribution >= 0.6 is 0 Å². The number of cyclic esters (lactones) is 1. The maximum Gasteiger partial charge on any atom is 1.00 e. The Morgan fingerprint density at radius 3 is 2.57 bits per heavy atom. The van der Waals surface area contributed by atoms with E-state index >= 15 is 0 Å². The van der Waals surface area contributed by atoms with E-state index in [-0.39, 0.29) is 65.6 Å². The fourth-order valence-corrected chi connectivity index (χ4v) is 6.45. The van der Waals surface area contributed by atoms with Crippen LogP contribution in [0, 0.1) is 22.7 Å². The molecule has 10 heteroatoms. The molecule has 164 valence electrons. The van der Waals surface area contributed by atoms with Crippen molar-refractivity contribution in [1.82, 2.24) is 0 Å². The van der Waals surface area contributed by atoms with Crippen molar-refractivity contribution in [3.63, 3.8) is 0 Å². The van der Waals surface area contributed by atoms with Crippen LogP contribution in [0.4, 0.5) is 0 Å². The largest absolute Gasteiger partial charge is 1.00 e. The molecule has 2 aliphatic carbocycles. The van der Waals surface area contributed by atoms with E-state index in [1.165, 1.54) is 0 Å². The summed E-state index contributed by atoms with van der Waals surface area (Å²) in [7, 11) is -4.89. The SMILES string of the molecule is C=C1CC[C@@H]2[C@](C)(CO)[C@H](OS(=O)(=O)[O-])CC[C@@]2(C)[C@@H]1C/C=C1/C(=O)OC[C@H]1O.[Na+]. The Morgan fingerprint density at radius 2 is 2.03 bits per heavy atom. The molecule has 3 rings (SSSR count). The monoisotopic (exact) mass is 452 g/mol. The standard InChI is InChI=1S/C20H30O8S.Na/c1-12-4-7-16-19(2,14(12)6-5-13-15(22)10-27-18(13)23)9-8-17(20(16,3)11-21)28-29(24,25)26;/h5,14-17,21-22H,1,4,6-11H2,2-3H3,(H,24,25,26);/q;+1/p-1/b13-5+;/t14-,15-,16+,17-,19+,20+;/m1./s1. The van der Waals surface area contributed by atoms with Gasteiger partial charge in [-0.3, -0.25) is 4.18 Å². The third kappa shape index (κ3) is 4.73. The van der Waals surface area contributed by atoms with E-state index in [0.717, 1.165) is 5.57 Å². The smallest absolute Gasteiger partial charge is 0.726 e. The third-order valence-electron chi connectivity index (χ3n) is 7.43. The Bertz CT molecular complexity index is 825. The van der Waals surface area contributed by atoms with E-state index in [9.17, 15) is 28.0 Å². The maximum atomic E-state index is 11.8.